The predicted octanol–water partition coefficient (Wildman–Crippen LogP) is 0.121. The van der Waals surface area contributed by atoms with E-state index in [1.54, 1.807) is 0 Å². The van der Waals surface area contributed by atoms with Gasteiger partial charge in [-0.1, -0.05) is 0 Å². The van der Waals surface area contributed by atoms with Gasteiger partial charge in [-0.05, 0) is 25.7 Å². The first kappa shape index (κ1) is 12.9. The molecule has 0 bridgehead atoms. The highest BCUT2D eigenvalue weighted by molar-refractivity contribution is 5.89. The van der Waals surface area contributed by atoms with Gasteiger partial charge in [-0.2, -0.15) is 0 Å². The first-order chi connectivity index (χ1) is 8.58. The molecule has 0 spiro atoms. The van der Waals surface area contributed by atoms with Crippen molar-refractivity contribution in [3.8, 4) is 0 Å². The maximum atomic E-state index is 11.9. The Morgan fingerprint density at radius 2 is 1.89 bits per heavy atom. The monoisotopic (exact) mass is 254 g/mol. The van der Waals surface area contributed by atoms with E-state index in [-0.39, 0.29) is 30.7 Å². The summed E-state index contributed by atoms with van der Waals surface area (Å²) in [6.45, 7) is 0.557. The summed E-state index contributed by atoms with van der Waals surface area (Å²) in [5.74, 6) is -1.30. The highest BCUT2D eigenvalue weighted by Gasteiger charge is 2.36. The molecule has 1 aliphatic heterocycles. The number of likely N-dealkylation sites (tertiary alicyclic amines) is 1. The van der Waals surface area contributed by atoms with Crippen LogP contribution in [-0.4, -0.2) is 46.4 Å². The molecule has 2 fully saturated rings. The molecule has 1 saturated heterocycles. The van der Waals surface area contributed by atoms with Crippen LogP contribution < -0.4 is 5.32 Å². The molecule has 0 aromatic heterocycles. The van der Waals surface area contributed by atoms with Gasteiger partial charge in [0.05, 0.1) is 6.42 Å². The van der Waals surface area contributed by atoms with Gasteiger partial charge in [0.25, 0.3) is 0 Å². The van der Waals surface area contributed by atoms with Crippen LogP contribution in [0.2, 0.25) is 0 Å². The van der Waals surface area contributed by atoms with Crippen molar-refractivity contribution in [1.82, 2.24) is 10.2 Å². The van der Waals surface area contributed by atoms with Gasteiger partial charge < -0.3 is 15.3 Å². The molecule has 6 heteroatoms. The summed E-state index contributed by atoms with van der Waals surface area (Å²) in [7, 11) is 0. The van der Waals surface area contributed by atoms with Crippen molar-refractivity contribution in [2.45, 2.75) is 50.6 Å². The molecule has 1 heterocycles. The predicted molar refractivity (Wildman–Crippen MR) is 62.8 cm³/mol. The number of carbonyl (C=O) groups is 3. The fourth-order valence-electron chi connectivity index (χ4n) is 2.22. The number of amides is 2. The Morgan fingerprint density at radius 3 is 2.50 bits per heavy atom. The Labute approximate surface area is 105 Å². The summed E-state index contributed by atoms with van der Waals surface area (Å²) in [5, 5.41) is 11.5. The minimum absolute atomic E-state index is 0.0253. The Morgan fingerprint density at radius 1 is 1.17 bits per heavy atom. The molecule has 1 atom stereocenters. The fraction of sp³-hybridized carbons (Fsp3) is 0.750. The molecular weight excluding hydrogens is 236 g/mol. The van der Waals surface area contributed by atoms with Gasteiger partial charge in [-0.3, -0.25) is 14.4 Å². The quantitative estimate of drug-likeness (QED) is 0.729. The van der Waals surface area contributed by atoms with Gasteiger partial charge in [-0.25, -0.2) is 0 Å². The molecule has 0 aromatic carbocycles. The molecule has 1 unspecified atom stereocenters. The first-order valence-electron chi connectivity index (χ1n) is 6.39. The smallest absolute Gasteiger partial charge is 0.303 e. The standard InChI is InChI=1S/C12H18N2O4/c15-10(5-6-11(16)17)14-7-1-2-9(14)12(18)13-8-3-4-8/h8-9H,1-7H2,(H,13,18)(H,16,17). The van der Waals surface area contributed by atoms with Crippen molar-refractivity contribution in [3.63, 3.8) is 0 Å². The average molecular weight is 254 g/mol. The van der Waals surface area contributed by atoms with Crippen molar-refractivity contribution in [1.29, 1.82) is 0 Å². The molecule has 1 aliphatic carbocycles. The van der Waals surface area contributed by atoms with E-state index in [1.165, 1.54) is 4.90 Å². The number of hydrogen-bond acceptors (Lipinski definition) is 3. The number of nitrogens with zero attached hydrogens (tertiary/aromatic N) is 1. The molecule has 1 saturated carbocycles. The number of carboxylic acids is 1. The third-order valence-electron chi connectivity index (χ3n) is 3.35. The van der Waals surface area contributed by atoms with Gasteiger partial charge in [0.1, 0.15) is 6.04 Å². The number of carbonyl (C=O) groups excluding carboxylic acids is 2. The summed E-state index contributed by atoms with van der Waals surface area (Å²) in [6.07, 6.45) is 3.32. The molecule has 18 heavy (non-hydrogen) atoms. The summed E-state index contributed by atoms with van der Waals surface area (Å²) in [6, 6.07) is -0.110. The van der Waals surface area contributed by atoms with Crippen LogP contribution in [0.4, 0.5) is 0 Å². The third-order valence-corrected chi connectivity index (χ3v) is 3.35. The van der Waals surface area contributed by atoms with E-state index >= 15 is 0 Å². The van der Waals surface area contributed by atoms with E-state index in [0.29, 0.717) is 13.0 Å². The fourth-order valence-corrected chi connectivity index (χ4v) is 2.22. The number of nitrogens with one attached hydrogen (secondary N) is 1. The zero-order valence-electron chi connectivity index (χ0n) is 10.2. The summed E-state index contributed by atoms with van der Waals surface area (Å²) in [4.78, 5) is 35.7. The molecule has 2 aliphatic rings. The van der Waals surface area contributed by atoms with Crippen molar-refractivity contribution in [2.24, 2.45) is 0 Å². The largest absolute Gasteiger partial charge is 0.481 e. The molecule has 0 radical (unpaired) electrons. The maximum Gasteiger partial charge on any atom is 0.303 e. The second-order valence-corrected chi connectivity index (χ2v) is 4.92. The lowest BCUT2D eigenvalue weighted by Gasteiger charge is -2.23. The highest BCUT2D eigenvalue weighted by atomic mass is 16.4. The van der Waals surface area contributed by atoms with E-state index in [4.69, 9.17) is 5.11 Å². The van der Waals surface area contributed by atoms with E-state index in [2.05, 4.69) is 5.32 Å². The van der Waals surface area contributed by atoms with E-state index in [1.807, 2.05) is 0 Å². The lowest BCUT2D eigenvalue weighted by atomic mass is 10.2. The lowest BCUT2D eigenvalue weighted by molar-refractivity contribution is -0.142. The molecule has 2 amide bonds. The van der Waals surface area contributed by atoms with Crippen LogP contribution in [0.3, 0.4) is 0 Å². The van der Waals surface area contributed by atoms with Crippen molar-refractivity contribution < 1.29 is 19.5 Å². The zero-order valence-corrected chi connectivity index (χ0v) is 10.2. The Bertz CT molecular complexity index is 365. The van der Waals surface area contributed by atoms with E-state index in [9.17, 15) is 14.4 Å². The maximum absolute atomic E-state index is 11.9. The topological polar surface area (TPSA) is 86.7 Å². The zero-order chi connectivity index (χ0) is 13.1. The van der Waals surface area contributed by atoms with Crippen LogP contribution in [-0.2, 0) is 14.4 Å². The number of aliphatic carboxylic acids is 1. The normalized spacial score (nSPS) is 22.9. The van der Waals surface area contributed by atoms with Crippen LogP contribution >= 0.6 is 0 Å². The first-order valence-corrected chi connectivity index (χ1v) is 6.39. The van der Waals surface area contributed by atoms with Crippen LogP contribution in [0.15, 0.2) is 0 Å². The van der Waals surface area contributed by atoms with Crippen LogP contribution in [0.5, 0.6) is 0 Å². The minimum atomic E-state index is -0.985. The molecule has 2 N–H and O–H groups in total. The number of rotatable bonds is 5. The summed E-state index contributed by atoms with van der Waals surface area (Å²) >= 11 is 0. The van der Waals surface area contributed by atoms with Crippen molar-refractivity contribution >= 4 is 17.8 Å². The van der Waals surface area contributed by atoms with Gasteiger partial charge in [0, 0.05) is 19.0 Å². The minimum Gasteiger partial charge on any atom is -0.481 e. The number of hydrogen-bond donors (Lipinski definition) is 2. The second kappa shape index (κ2) is 5.37. The van der Waals surface area contributed by atoms with Crippen molar-refractivity contribution in [2.75, 3.05) is 6.54 Å². The van der Waals surface area contributed by atoms with Crippen molar-refractivity contribution in [3.05, 3.63) is 0 Å². The molecule has 0 aromatic rings. The van der Waals surface area contributed by atoms with Crippen LogP contribution in [0, 0.1) is 0 Å². The molecule has 100 valence electrons. The van der Waals surface area contributed by atoms with Crippen LogP contribution in [0.25, 0.3) is 0 Å². The lowest BCUT2D eigenvalue weighted by Crippen LogP contribution is -2.46. The van der Waals surface area contributed by atoms with E-state index < -0.39 is 12.0 Å². The summed E-state index contributed by atoms with van der Waals surface area (Å²) in [5.41, 5.74) is 0. The highest BCUT2D eigenvalue weighted by Crippen LogP contribution is 2.23. The Balaban J connectivity index is 1.87. The average Bonchev–Trinajstić information content (AvgIpc) is 2.98. The van der Waals surface area contributed by atoms with Gasteiger partial charge in [-0.15, -0.1) is 0 Å². The molecule has 6 nitrogen and oxygen atoms in total. The third kappa shape index (κ3) is 3.21. The summed E-state index contributed by atoms with van der Waals surface area (Å²) < 4.78 is 0. The SMILES string of the molecule is O=C(O)CCC(=O)N1CCCC1C(=O)NC1CC1. The second-order valence-electron chi connectivity index (χ2n) is 4.92. The van der Waals surface area contributed by atoms with Gasteiger partial charge in [0.2, 0.25) is 11.8 Å². The Kier molecular flexibility index (Phi) is 3.84. The van der Waals surface area contributed by atoms with Crippen LogP contribution in [0.1, 0.15) is 38.5 Å². The van der Waals surface area contributed by atoms with Gasteiger partial charge in [0.15, 0.2) is 0 Å². The number of carboxylic acid groups (broad SMARTS) is 1. The van der Waals surface area contributed by atoms with E-state index in [0.717, 1.165) is 19.3 Å². The Hall–Kier alpha value is -1.59. The molecular formula is C12H18N2O4. The molecule has 2 rings (SSSR count). The van der Waals surface area contributed by atoms with Gasteiger partial charge >= 0.3 is 5.97 Å².